The summed E-state index contributed by atoms with van der Waals surface area (Å²) in [7, 11) is 0. The molecule has 0 saturated carbocycles. The molecule has 4 nitrogen and oxygen atoms in total. The maximum atomic E-state index is 12.6. The third-order valence-corrected chi connectivity index (χ3v) is 5.01. The van der Waals surface area contributed by atoms with Gasteiger partial charge >= 0.3 is 0 Å². The zero-order valence-electron chi connectivity index (χ0n) is 12.6. The Morgan fingerprint density at radius 3 is 2.35 bits per heavy atom. The fourth-order valence-corrected chi connectivity index (χ4v) is 3.66. The van der Waals surface area contributed by atoms with Crippen LogP contribution in [-0.2, 0) is 4.79 Å². The molecule has 1 aromatic heterocycles. The van der Waals surface area contributed by atoms with Crippen molar-refractivity contribution in [2.45, 2.75) is 13.0 Å². The summed E-state index contributed by atoms with van der Waals surface area (Å²) in [5.41, 5.74) is 7.05. The normalized spacial score (nSPS) is 12.0. The average molecular weight is 324 g/mol. The van der Waals surface area contributed by atoms with Gasteiger partial charge < -0.3 is 11.1 Å². The highest BCUT2D eigenvalue weighted by Crippen LogP contribution is 2.30. The van der Waals surface area contributed by atoms with Crippen LogP contribution in [0.15, 0.2) is 54.6 Å². The lowest BCUT2D eigenvalue weighted by Gasteiger charge is -2.15. The smallest absolute Gasteiger partial charge is 0.262 e. The minimum Gasteiger partial charge on any atom is -0.368 e. The molecule has 0 aliphatic carbocycles. The van der Waals surface area contributed by atoms with Crippen molar-refractivity contribution >= 4 is 33.2 Å². The average Bonchev–Trinajstić information content (AvgIpc) is 2.90. The molecule has 116 valence electrons. The monoisotopic (exact) mass is 324 g/mol. The van der Waals surface area contributed by atoms with E-state index in [4.69, 9.17) is 5.73 Å². The molecule has 23 heavy (non-hydrogen) atoms. The van der Waals surface area contributed by atoms with Gasteiger partial charge in [-0.2, -0.15) is 0 Å². The summed E-state index contributed by atoms with van der Waals surface area (Å²) in [6.45, 7) is 1.91. The molecule has 0 saturated heterocycles. The van der Waals surface area contributed by atoms with Gasteiger partial charge in [0.1, 0.15) is 6.04 Å². The molecule has 0 aliphatic heterocycles. The Labute approximate surface area is 137 Å². The molecular formula is C18H16N2O2S. The summed E-state index contributed by atoms with van der Waals surface area (Å²) in [5.74, 6) is -0.861. The van der Waals surface area contributed by atoms with Crippen molar-refractivity contribution in [1.29, 1.82) is 0 Å². The first kappa shape index (κ1) is 15.2. The largest absolute Gasteiger partial charge is 0.368 e. The number of nitrogens with two attached hydrogens (primary N) is 1. The van der Waals surface area contributed by atoms with Gasteiger partial charge in [0, 0.05) is 4.70 Å². The summed E-state index contributed by atoms with van der Waals surface area (Å²) in [6, 6.07) is 16.0. The predicted octanol–water partition coefficient (Wildman–Crippen LogP) is 3.17. The SMILES string of the molecule is Cc1c(C(=O)NC(C(N)=O)c2ccccc2)sc2ccccc12. The Kier molecular flexibility index (Phi) is 4.12. The van der Waals surface area contributed by atoms with Crippen LogP contribution in [0, 0.1) is 6.92 Å². The van der Waals surface area contributed by atoms with E-state index in [2.05, 4.69) is 5.32 Å². The lowest BCUT2D eigenvalue weighted by Crippen LogP contribution is -2.37. The van der Waals surface area contributed by atoms with Gasteiger partial charge in [0.2, 0.25) is 5.91 Å². The summed E-state index contributed by atoms with van der Waals surface area (Å²) in [4.78, 5) is 25.0. The third kappa shape index (κ3) is 2.96. The molecule has 0 aliphatic rings. The van der Waals surface area contributed by atoms with E-state index in [1.54, 1.807) is 12.1 Å². The van der Waals surface area contributed by atoms with Crippen LogP contribution in [0.4, 0.5) is 0 Å². The first-order chi connectivity index (χ1) is 11.1. The minimum atomic E-state index is -0.840. The second-order valence-electron chi connectivity index (χ2n) is 5.27. The number of primary amides is 1. The summed E-state index contributed by atoms with van der Waals surface area (Å²) >= 11 is 1.42. The fourth-order valence-electron chi connectivity index (χ4n) is 2.55. The topological polar surface area (TPSA) is 72.2 Å². The summed E-state index contributed by atoms with van der Waals surface area (Å²) < 4.78 is 1.05. The molecule has 0 radical (unpaired) electrons. The van der Waals surface area contributed by atoms with Gasteiger partial charge in [-0.1, -0.05) is 48.5 Å². The van der Waals surface area contributed by atoms with Crippen LogP contribution in [-0.4, -0.2) is 11.8 Å². The van der Waals surface area contributed by atoms with E-state index in [1.807, 2.05) is 49.4 Å². The Hall–Kier alpha value is -2.66. The zero-order valence-corrected chi connectivity index (χ0v) is 13.4. The molecule has 1 atom stereocenters. The van der Waals surface area contributed by atoms with Crippen LogP contribution >= 0.6 is 11.3 Å². The van der Waals surface area contributed by atoms with E-state index in [1.165, 1.54) is 11.3 Å². The van der Waals surface area contributed by atoms with Crippen molar-refractivity contribution in [3.63, 3.8) is 0 Å². The highest BCUT2D eigenvalue weighted by atomic mass is 32.1. The number of benzene rings is 2. The number of carbonyl (C=O) groups excluding carboxylic acids is 2. The number of hydrogen-bond donors (Lipinski definition) is 2. The van der Waals surface area contributed by atoms with Crippen LogP contribution < -0.4 is 11.1 Å². The number of rotatable bonds is 4. The van der Waals surface area contributed by atoms with Gasteiger partial charge in [-0.3, -0.25) is 9.59 Å². The van der Waals surface area contributed by atoms with E-state index in [0.717, 1.165) is 15.6 Å². The number of fused-ring (bicyclic) bond motifs is 1. The second-order valence-corrected chi connectivity index (χ2v) is 6.32. The number of nitrogens with one attached hydrogen (secondary N) is 1. The van der Waals surface area contributed by atoms with Crippen LogP contribution in [0.5, 0.6) is 0 Å². The number of thiophene rings is 1. The van der Waals surface area contributed by atoms with Crippen LogP contribution in [0.1, 0.15) is 26.8 Å². The lowest BCUT2D eigenvalue weighted by molar-refractivity contribution is -0.120. The molecule has 1 heterocycles. The number of amides is 2. The number of hydrogen-bond acceptors (Lipinski definition) is 3. The Morgan fingerprint density at radius 2 is 1.70 bits per heavy atom. The molecule has 0 fully saturated rings. The molecule has 3 aromatic rings. The van der Waals surface area contributed by atoms with Crippen LogP contribution in [0.2, 0.25) is 0 Å². The van der Waals surface area contributed by atoms with Gasteiger partial charge in [0.25, 0.3) is 5.91 Å². The van der Waals surface area contributed by atoms with Gasteiger partial charge in [-0.25, -0.2) is 0 Å². The third-order valence-electron chi connectivity index (χ3n) is 3.74. The van der Waals surface area contributed by atoms with E-state index in [-0.39, 0.29) is 5.91 Å². The molecule has 0 bridgehead atoms. The molecule has 3 N–H and O–H groups in total. The Morgan fingerprint density at radius 1 is 1.04 bits per heavy atom. The highest BCUT2D eigenvalue weighted by molar-refractivity contribution is 7.21. The van der Waals surface area contributed by atoms with Crippen molar-refractivity contribution in [2.24, 2.45) is 5.73 Å². The van der Waals surface area contributed by atoms with Crippen LogP contribution in [0.25, 0.3) is 10.1 Å². The van der Waals surface area contributed by atoms with E-state index in [0.29, 0.717) is 10.4 Å². The van der Waals surface area contributed by atoms with Crippen molar-refractivity contribution in [1.82, 2.24) is 5.32 Å². The van der Waals surface area contributed by atoms with Crippen molar-refractivity contribution < 1.29 is 9.59 Å². The maximum Gasteiger partial charge on any atom is 0.262 e. The molecule has 5 heteroatoms. The highest BCUT2D eigenvalue weighted by Gasteiger charge is 2.23. The molecule has 3 rings (SSSR count). The van der Waals surface area contributed by atoms with Gasteiger partial charge in [0.15, 0.2) is 0 Å². The van der Waals surface area contributed by atoms with Crippen molar-refractivity contribution in [2.75, 3.05) is 0 Å². The minimum absolute atomic E-state index is 0.281. The van der Waals surface area contributed by atoms with Crippen molar-refractivity contribution in [3.8, 4) is 0 Å². The van der Waals surface area contributed by atoms with Gasteiger partial charge in [-0.15, -0.1) is 11.3 Å². The summed E-state index contributed by atoms with van der Waals surface area (Å²) in [5, 5.41) is 3.80. The van der Waals surface area contributed by atoms with E-state index in [9.17, 15) is 9.59 Å². The Balaban J connectivity index is 1.92. The molecule has 0 spiro atoms. The first-order valence-corrected chi connectivity index (χ1v) is 8.03. The second kappa shape index (κ2) is 6.22. The predicted molar refractivity (Wildman–Crippen MR) is 92.4 cm³/mol. The number of carbonyl (C=O) groups is 2. The quantitative estimate of drug-likeness (QED) is 0.774. The van der Waals surface area contributed by atoms with Gasteiger partial charge in [0.05, 0.1) is 4.88 Å². The number of aryl methyl sites for hydroxylation is 1. The molecule has 2 aromatic carbocycles. The standard InChI is InChI=1S/C18H16N2O2S/c1-11-13-9-5-6-10-14(13)23-16(11)18(22)20-15(17(19)21)12-7-3-2-4-8-12/h2-10,15H,1H3,(H2,19,21)(H,20,22). The fraction of sp³-hybridized carbons (Fsp3) is 0.111. The zero-order chi connectivity index (χ0) is 16.4. The summed E-state index contributed by atoms with van der Waals surface area (Å²) in [6.07, 6.45) is 0. The molecular weight excluding hydrogens is 308 g/mol. The molecule has 1 unspecified atom stereocenters. The Bertz CT molecular complexity index is 871. The maximum absolute atomic E-state index is 12.6. The first-order valence-electron chi connectivity index (χ1n) is 7.21. The van der Waals surface area contributed by atoms with E-state index < -0.39 is 11.9 Å². The van der Waals surface area contributed by atoms with Crippen LogP contribution in [0.3, 0.4) is 0 Å². The molecule has 2 amide bonds. The lowest BCUT2D eigenvalue weighted by atomic mass is 10.1. The van der Waals surface area contributed by atoms with Crippen molar-refractivity contribution in [3.05, 3.63) is 70.6 Å². The van der Waals surface area contributed by atoms with E-state index >= 15 is 0 Å². The van der Waals surface area contributed by atoms with Gasteiger partial charge in [-0.05, 0) is 29.5 Å².